The van der Waals surface area contributed by atoms with Crippen LogP contribution in [0.25, 0.3) is 28.1 Å². The molecule has 2 aromatic carbocycles. The first-order valence-corrected chi connectivity index (χ1v) is 8.98. The molecule has 0 aliphatic carbocycles. The van der Waals surface area contributed by atoms with Gasteiger partial charge in [-0.05, 0) is 24.1 Å². The van der Waals surface area contributed by atoms with E-state index in [1.807, 2.05) is 36.4 Å². The lowest BCUT2D eigenvalue weighted by Gasteiger charge is -2.02. The lowest BCUT2D eigenvalue weighted by atomic mass is 10.1. The second-order valence-electron chi connectivity index (χ2n) is 6.28. The van der Waals surface area contributed by atoms with Crippen LogP contribution in [0.3, 0.4) is 0 Å². The number of ether oxygens (including phenoxy) is 1. The Labute approximate surface area is 160 Å². The van der Waals surface area contributed by atoms with Crippen LogP contribution in [0.2, 0.25) is 0 Å². The summed E-state index contributed by atoms with van der Waals surface area (Å²) in [6.45, 7) is 1.72. The highest BCUT2D eigenvalue weighted by molar-refractivity contribution is 6.09. The van der Waals surface area contributed by atoms with E-state index in [9.17, 15) is 9.59 Å². The van der Waals surface area contributed by atoms with Crippen molar-refractivity contribution in [3.8, 4) is 0 Å². The largest absolute Gasteiger partial charge is 0.454 e. The van der Waals surface area contributed by atoms with Gasteiger partial charge in [-0.25, -0.2) is 9.78 Å². The number of aryl methyl sites for hydroxylation is 1. The van der Waals surface area contributed by atoms with Gasteiger partial charge in [0.1, 0.15) is 5.52 Å². The molecule has 0 aliphatic rings. The van der Waals surface area contributed by atoms with Crippen LogP contribution in [0.15, 0.2) is 59.2 Å². The highest BCUT2D eigenvalue weighted by atomic mass is 16.5. The van der Waals surface area contributed by atoms with Crippen molar-refractivity contribution >= 4 is 39.8 Å². The smallest absolute Gasteiger partial charge is 0.331 e. The fourth-order valence-corrected chi connectivity index (χ4v) is 3.11. The van der Waals surface area contributed by atoms with E-state index in [1.54, 1.807) is 12.3 Å². The molecule has 28 heavy (non-hydrogen) atoms. The number of aromatic amines is 1. The van der Waals surface area contributed by atoms with Crippen molar-refractivity contribution in [1.82, 2.24) is 9.97 Å². The van der Waals surface area contributed by atoms with Crippen LogP contribution < -0.4 is 0 Å². The van der Waals surface area contributed by atoms with Crippen LogP contribution in [-0.4, -0.2) is 28.3 Å². The maximum Gasteiger partial charge on any atom is 0.331 e. The van der Waals surface area contributed by atoms with Gasteiger partial charge in [-0.15, -0.1) is 0 Å². The minimum Gasteiger partial charge on any atom is -0.454 e. The zero-order valence-electron chi connectivity index (χ0n) is 15.3. The van der Waals surface area contributed by atoms with Crippen molar-refractivity contribution in [2.75, 3.05) is 6.61 Å². The van der Waals surface area contributed by atoms with Crippen LogP contribution in [0.5, 0.6) is 0 Å². The summed E-state index contributed by atoms with van der Waals surface area (Å²) >= 11 is 0. The Morgan fingerprint density at radius 2 is 2.04 bits per heavy atom. The van der Waals surface area contributed by atoms with Gasteiger partial charge in [0.2, 0.25) is 11.7 Å². The van der Waals surface area contributed by atoms with E-state index in [4.69, 9.17) is 9.15 Å². The third-order valence-electron chi connectivity index (χ3n) is 4.50. The van der Waals surface area contributed by atoms with Gasteiger partial charge in [0, 0.05) is 34.8 Å². The Morgan fingerprint density at radius 1 is 1.18 bits per heavy atom. The highest BCUT2D eigenvalue weighted by Gasteiger charge is 2.15. The first-order valence-electron chi connectivity index (χ1n) is 8.98. The molecule has 2 aromatic heterocycles. The lowest BCUT2D eigenvalue weighted by molar-refractivity contribution is -0.136. The predicted molar refractivity (Wildman–Crippen MR) is 106 cm³/mol. The maximum absolute atomic E-state index is 12.5. The fourth-order valence-electron chi connectivity index (χ4n) is 3.11. The number of H-pyrrole nitrogens is 1. The molecule has 0 atom stereocenters. The number of oxazole rings is 1. The highest BCUT2D eigenvalue weighted by Crippen LogP contribution is 2.22. The average molecular weight is 374 g/mol. The molecule has 6 nitrogen and oxygen atoms in total. The normalized spacial score (nSPS) is 11.5. The van der Waals surface area contributed by atoms with Crippen LogP contribution in [0, 0.1) is 0 Å². The number of aromatic nitrogens is 2. The molecule has 4 aromatic rings. The lowest BCUT2D eigenvalue weighted by Crippen LogP contribution is -2.12. The first kappa shape index (κ1) is 17.7. The Balaban J connectivity index is 1.41. The quantitative estimate of drug-likeness (QED) is 0.309. The van der Waals surface area contributed by atoms with Crippen molar-refractivity contribution in [3.05, 3.63) is 71.8 Å². The predicted octanol–water partition coefficient (Wildman–Crippen LogP) is 4.31. The zero-order valence-corrected chi connectivity index (χ0v) is 15.3. The Hall–Kier alpha value is -3.67. The van der Waals surface area contributed by atoms with Crippen molar-refractivity contribution < 1.29 is 18.7 Å². The van der Waals surface area contributed by atoms with Gasteiger partial charge in [0.25, 0.3) is 0 Å². The number of rotatable bonds is 6. The summed E-state index contributed by atoms with van der Waals surface area (Å²) in [5.74, 6) is -0.596. The maximum atomic E-state index is 12.5. The van der Waals surface area contributed by atoms with Gasteiger partial charge in [0.15, 0.2) is 12.2 Å². The monoisotopic (exact) mass is 374 g/mol. The van der Waals surface area contributed by atoms with Gasteiger partial charge in [0.05, 0.1) is 0 Å². The van der Waals surface area contributed by atoms with E-state index in [0.717, 1.165) is 22.9 Å². The summed E-state index contributed by atoms with van der Waals surface area (Å²) in [6, 6.07) is 13.1. The number of nitrogens with one attached hydrogen (secondary N) is 1. The summed E-state index contributed by atoms with van der Waals surface area (Å²) in [5.41, 5.74) is 3.93. The van der Waals surface area contributed by atoms with E-state index >= 15 is 0 Å². The number of ketones is 1. The van der Waals surface area contributed by atoms with Crippen molar-refractivity contribution in [2.24, 2.45) is 0 Å². The Kier molecular flexibility index (Phi) is 4.76. The van der Waals surface area contributed by atoms with Crippen LogP contribution >= 0.6 is 0 Å². The minimum atomic E-state index is -0.635. The van der Waals surface area contributed by atoms with Gasteiger partial charge < -0.3 is 14.1 Å². The number of carbonyl (C=O) groups is 2. The second-order valence-corrected chi connectivity index (χ2v) is 6.28. The molecule has 0 saturated carbocycles. The zero-order chi connectivity index (χ0) is 19.5. The van der Waals surface area contributed by atoms with Crippen LogP contribution in [0.1, 0.15) is 28.7 Å². The summed E-state index contributed by atoms with van der Waals surface area (Å²) in [7, 11) is 0. The topological polar surface area (TPSA) is 85.2 Å². The molecule has 140 valence electrons. The molecule has 0 unspecified atom stereocenters. The molecule has 1 N–H and O–H groups in total. The Morgan fingerprint density at radius 3 is 2.86 bits per heavy atom. The van der Waals surface area contributed by atoms with Gasteiger partial charge in [-0.1, -0.05) is 37.3 Å². The number of benzene rings is 2. The molecular formula is C22H18N2O4. The van der Waals surface area contributed by atoms with Crippen molar-refractivity contribution in [3.63, 3.8) is 0 Å². The standard InChI is InChI=1S/C22H18N2O4/c1-2-14-6-5-7-15-16(12-23-22(14)15)18(25)13-27-21(26)11-10-20-24-17-8-3-4-9-19(17)28-20/h3-12,23H,2,13H2,1H3/b11-10+. The van der Waals surface area contributed by atoms with Crippen LogP contribution in [-0.2, 0) is 16.0 Å². The third-order valence-corrected chi connectivity index (χ3v) is 4.50. The molecule has 0 fully saturated rings. The SMILES string of the molecule is CCc1cccc2c(C(=O)COC(=O)/C=C/c3nc4ccccc4o3)c[nH]c12. The number of Topliss-reactive ketones (excluding diaryl/α,β-unsaturated/α-hetero) is 1. The molecule has 0 aliphatic heterocycles. The summed E-state index contributed by atoms with van der Waals surface area (Å²) in [6.07, 6.45) is 5.14. The van der Waals surface area contributed by atoms with E-state index in [-0.39, 0.29) is 12.4 Å². The van der Waals surface area contributed by atoms with E-state index in [0.29, 0.717) is 22.6 Å². The van der Waals surface area contributed by atoms with E-state index in [1.165, 1.54) is 12.2 Å². The molecule has 2 heterocycles. The molecular weight excluding hydrogens is 356 g/mol. The molecule has 0 amide bonds. The Bertz CT molecular complexity index is 1170. The van der Waals surface area contributed by atoms with E-state index < -0.39 is 5.97 Å². The average Bonchev–Trinajstić information content (AvgIpc) is 3.34. The number of hydrogen-bond donors (Lipinski definition) is 1. The molecule has 6 heteroatoms. The summed E-state index contributed by atoms with van der Waals surface area (Å²) in [5, 5.41) is 0.836. The molecule has 4 rings (SSSR count). The van der Waals surface area contributed by atoms with Gasteiger partial charge >= 0.3 is 5.97 Å². The molecule has 0 bridgehead atoms. The number of esters is 1. The summed E-state index contributed by atoms with van der Waals surface area (Å²) < 4.78 is 10.6. The number of carbonyl (C=O) groups excluding carboxylic acids is 2. The first-order chi connectivity index (χ1) is 13.7. The van der Waals surface area contributed by atoms with Crippen LogP contribution in [0.4, 0.5) is 0 Å². The summed E-state index contributed by atoms with van der Waals surface area (Å²) in [4.78, 5) is 31.8. The molecule has 0 radical (unpaired) electrons. The number of nitrogens with zero attached hydrogens (tertiary/aromatic N) is 1. The van der Waals surface area contributed by atoms with Gasteiger partial charge in [-0.2, -0.15) is 0 Å². The third kappa shape index (κ3) is 3.44. The number of fused-ring (bicyclic) bond motifs is 2. The fraction of sp³-hybridized carbons (Fsp3) is 0.136. The number of para-hydroxylation sites is 3. The second kappa shape index (κ2) is 7.52. The minimum absolute atomic E-state index is 0.261. The molecule has 0 saturated heterocycles. The van der Waals surface area contributed by atoms with E-state index in [2.05, 4.69) is 16.9 Å². The number of hydrogen-bond acceptors (Lipinski definition) is 5. The molecule has 0 spiro atoms. The van der Waals surface area contributed by atoms with Gasteiger partial charge in [-0.3, -0.25) is 4.79 Å². The van der Waals surface area contributed by atoms with Crippen molar-refractivity contribution in [2.45, 2.75) is 13.3 Å². The van der Waals surface area contributed by atoms with Crippen molar-refractivity contribution in [1.29, 1.82) is 0 Å².